The van der Waals surface area contributed by atoms with Gasteiger partial charge in [-0.2, -0.15) is 11.3 Å². The minimum absolute atomic E-state index is 0.133. The third kappa shape index (κ3) is 3.54. The number of amides is 1. The minimum Gasteiger partial charge on any atom is -0.296 e. The van der Waals surface area contributed by atoms with Crippen molar-refractivity contribution in [3.05, 3.63) is 54.3 Å². The van der Waals surface area contributed by atoms with E-state index in [0.717, 1.165) is 5.56 Å². The Balaban J connectivity index is 1.82. The predicted molar refractivity (Wildman–Crippen MR) is 97.0 cm³/mol. The van der Waals surface area contributed by atoms with Gasteiger partial charge >= 0.3 is 0 Å². The van der Waals surface area contributed by atoms with E-state index in [1.807, 2.05) is 39.4 Å². The van der Waals surface area contributed by atoms with Gasteiger partial charge in [0.05, 0.1) is 10.5 Å². The molecule has 0 aliphatic carbocycles. The quantitative estimate of drug-likeness (QED) is 0.362. The molecular formula is C13H7IN4O3S2. The summed E-state index contributed by atoms with van der Waals surface area (Å²) in [5.41, 5.74) is 1.04. The highest BCUT2D eigenvalue weighted by atomic mass is 127. The Morgan fingerprint density at radius 2 is 2.13 bits per heavy atom. The van der Waals surface area contributed by atoms with Crippen molar-refractivity contribution >= 4 is 62.0 Å². The van der Waals surface area contributed by atoms with E-state index >= 15 is 0 Å². The molecule has 1 aromatic carbocycles. The van der Waals surface area contributed by atoms with Gasteiger partial charge in [-0.3, -0.25) is 20.2 Å². The first-order valence-corrected chi connectivity index (χ1v) is 9.00. The van der Waals surface area contributed by atoms with E-state index in [-0.39, 0.29) is 11.3 Å². The molecule has 0 aliphatic rings. The summed E-state index contributed by atoms with van der Waals surface area (Å²) in [4.78, 5) is 22.6. The average molecular weight is 458 g/mol. The molecule has 116 valence electrons. The van der Waals surface area contributed by atoms with Crippen LogP contribution >= 0.6 is 45.3 Å². The number of carbonyl (C=O) groups is 1. The summed E-state index contributed by atoms with van der Waals surface area (Å²) >= 11 is 4.75. The van der Waals surface area contributed by atoms with Gasteiger partial charge in [0.25, 0.3) is 11.6 Å². The van der Waals surface area contributed by atoms with Gasteiger partial charge in [-0.15, -0.1) is 10.2 Å². The molecule has 0 fully saturated rings. The zero-order valence-corrected chi connectivity index (χ0v) is 15.0. The Bertz CT molecular complexity index is 879. The van der Waals surface area contributed by atoms with E-state index < -0.39 is 10.8 Å². The third-order valence-corrected chi connectivity index (χ3v) is 5.33. The summed E-state index contributed by atoms with van der Waals surface area (Å²) in [6, 6.07) is 6.06. The molecule has 23 heavy (non-hydrogen) atoms. The predicted octanol–water partition coefficient (Wildman–Crippen LogP) is 4.03. The van der Waals surface area contributed by atoms with Gasteiger partial charge in [0.15, 0.2) is 0 Å². The lowest BCUT2D eigenvalue weighted by Crippen LogP contribution is -2.13. The maximum atomic E-state index is 12.3. The number of halogens is 1. The molecule has 2 aromatic heterocycles. The number of rotatable bonds is 4. The number of nitrogens with zero attached hydrogens (tertiary/aromatic N) is 3. The van der Waals surface area contributed by atoms with Crippen LogP contribution in [0.25, 0.3) is 10.6 Å². The van der Waals surface area contributed by atoms with Gasteiger partial charge in [0, 0.05) is 26.6 Å². The second-order valence-electron chi connectivity index (χ2n) is 4.30. The van der Waals surface area contributed by atoms with E-state index in [0.29, 0.717) is 13.7 Å². The van der Waals surface area contributed by atoms with Gasteiger partial charge in [0.2, 0.25) is 5.13 Å². The molecule has 10 heteroatoms. The summed E-state index contributed by atoms with van der Waals surface area (Å²) in [5, 5.41) is 26.3. The molecular weight excluding hydrogens is 451 g/mol. The summed E-state index contributed by atoms with van der Waals surface area (Å²) < 4.78 is 0.619. The first-order valence-electron chi connectivity index (χ1n) is 6.16. The van der Waals surface area contributed by atoms with Crippen molar-refractivity contribution in [2.75, 3.05) is 5.32 Å². The van der Waals surface area contributed by atoms with Crippen LogP contribution in [0.5, 0.6) is 0 Å². The number of nitro benzene ring substituents is 1. The Kier molecular flexibility index (Phi) is 4.63. The second kappa shape index (κ2) is 6.68. The van der Waals surface area contributed by atoms with E-state index in [4.69, 9.17) is 0 Å². The molecule has 0 unspecified atom stereocenters. The first-order chi connectivity index (χ1) is 11.0. The Morgan fingerprint density at radius 3 is 2.83 bits per heavy atom. The molecule has 2 heterocycles. The SMILES string of the molecule is O=C(Nc1nnc(-c2ccsc2)s1)c1cc([N+](=O)[O-])ccc1I. The maximum Gasteiger partial charge on any atom is 0.270 e. The highest BCUT2D eigenvalue weighted by molar-refractivity contribution is 14.1. The van der Waals surface area contributed by atoms with E-state index in [2.05, 4.69) is 15.5 Å². The van der Waals surface area contributed by atoms with E-state index in [1.54, 1.807) is 11.3 Å². The molecule has 0 spiro atoms. The number of hydrogen-bond acceptors (Lipinski definition) is 7. The lowest BCUT2D eigenvalue weighted by atomic mass is 10.2. The molecule has 3 rings (SSSR count). The second-order valence-corrected chi connectivity index (χ2v) is 7.22. The largest absolute Gasteiger partial charge is 0.296 e. The van der Waals surface area contributed by atoms with Crippen LogP contribution in [0.1, 0.15) is 10.4 Å². The highest BCUT2D eigenvalue weighted by Crippen LogP contribution is 2.28. The number of nitrogens with one attached hydrogen (secondary N) is 1. The molecule has 1 amide bonds. The Hall–Kier alpha value is -1.92. The summed E-state index contributed by atoms with van der Waals surface area (Å²) in [7, 11) is 0. The van der Waals surface area contributed by atoms with Crippen LogP contribution in [0, 0.1) is 13.7 Å². The van der Waals surface area contributed by atoms with Crippen LogP contribution in [0.2, 0.25) is 0 Å². The van der Waals surface area contributed by atoms with Crippen LogP contribution in [0.3, 0.4) is 0 Å². The smallest absolute Gasteiger partial charge is 0.270 e. The highest BCUT2D eigenvalue weighted by Gasteiger charge is 2.17. The fraction of sp³-hybridized carbons (Fsp3) is 0. The fourth-order valence-corrected chi connectivity index (χ4v) is 3.77. The van der Waals surface area contributed by atoms with Crippen molar-refractivity contribution in [3.8, 4) is 10.6 Å². The first kappa shape index (κ1) is 16.0. The lowest BCUT2D eigenvalue weighted by Gasteiger charge is -2.03. The average Bonchev–Trinajstić information content (AvgIpc) is 3.18. The standard InChI is InChI=1S/C13H7IN4O3S2/c14-10-2-1-8(18(20)21)5-9(10)11(19)15-13-17-16-12(23-13)7-3-4-22-6-7/h1-6H,(H,15,17,19). The van der Waals surface area contributed by atoms with Gasteiger partial charge in [-0.25, -0.2) is 0 Å². The van der Waals surface area contributed by atoms with Gasteiger partial charge in [-0.1, -0.05) is 11.3 Å². The number of hydrogen-bond donors (Lipinski definition) is 1. The van der Waals surface area contributed by atoms with Crippen LogP contribution in [0.4, 0.5) is 10.8 Å². The number of anilines is 1. The molecule has 0 atom stereocenters. The number of non-ortho nitro benzene ring substituents is 1. The van der Waals surface area contributed by atoms with Crippen LogP contribution < -0.4 is 5.32 Å². The number of thiophene rings is 1. The molecule has 0 radical (unpaired) electrons. The molecule has 0 saturated carbocycles. The number of aromatic nitrogens is 2. The van der Waals surface area contributed by atoms with Crippen molar-refractivity contribution in [1.82, 2.24) is 10.2 Å². The van der Waals surface area contributed by atoms with Crippen molar-refractivity contribution in [3.63, 3.8) is 0 Å². The summed E-state index contributed by atoms with van der Waals surface area (Å²) in [6.07, 6.45) is 0. The summed E-state index contributed by atoms with van der Waals surface area (Å²) in [5.74, 6) is -0.453. The Labute approximate surface area is 151 Å². The zero-order chi connectivity index (χ0) is 16.4. The minimum atomic E-state index is -0.535. The molecule has 0 bridgehead atoms. The van der Waals surface area contributed by atoms with Crippen molar-refractivity contribution < 1.29 is 9.72 Å². The van der Waals surface area contributed by atoms with Crippen molar-refractivity contribution in [1.29, 1.82) is 0 Å². The lowest BCUT2D eigenvalue weighted by molar-refractivity contribution is -0.384. The number of nitro groups is 1. The molecule has 0 saturated heterocycles. The molecule has 0 aliphatic heterocycles. The molecule has 7 nitrogen and oxygen atoms in total. The molecule has 1 N–H and O–H groups in total. The normalized spacial score (nSPS) is 10.5. The van der Waals surface area contributed by atoms with E-state index in [1.165, 1.54) is 29.5 Å². The van der Waals surface area contributed by atoms with Gasteiger partial charge in [-0.05, 0) is 40.1 Å². The topological polar surface area (TPSA) is 98.0 Å². The number of benzene rings is 1. The van der Waals surface area contributed by atoms with Gasteiger partial charge in [0.1, 0.15) is 5.01 Å². The third-order valence-electron chi connectivity index (χ3n) is 2.82. The summed E-state index contributed by atoms with van der Waals surface area (Å²) in [6.45, 7) is 0. The molecule has 3 aromatic rings. The van der Waals surface area contributed by atoms with E-state index in [9.17, 15) is 14.9 Å². The number of carbonyl (C=O) groups excluding carboxylic acids is 1. The maximum absolute atomic E-state index is 12.3. The van der Waals surface area contributed by atoms with Crippen LogP contribution in [0.15, 0.2) is 35.0 Å². The van der Waals surface area contributed by atoms with Gasteiger partial charge < -0.3 is 0 Å². The van der Waals surface area contributed by atoms with Crippen molar-refractivity contribution in [2.45, 2.75) is 0 Å². The fourth-order valence-electron chi connectivity index (χ4n) is 1.74. The van der Waals surface area contributed by atoms with Crippen LogP contribution in [-0.4, -0.2) is 21.0 Å². The zero-order valence-electron chi connectivity index (χ0n) is 11.2. The van der Waals surface area contributed by atoms with Crippen LogP contribution in [-0.2, 0) is 0 Å². The Morgan fingerprint density at radius 1 is 1.30 bits per heavy atom. The monoisotopic (exact) mass is 458 g/mol. The van der Waals surface area contributed by atoms with Crippen molar-refractivity contribution in [2.24, 2.45) is 0 Å².